The van der Waals surface area contributed by atoms with E-state index in [0.29, 0.717) is 49.9 Å². The Morgan fingerprint density at radius 1 is 1.04 bits per heavy atom. The molecular weight excluding hydrogens is 430 g/mol. The molecular formula is C20H21BrClN3O2. The first-order valence-electron chi connectivity index (χ1n) is 8.80. The monoisotopic (exact) mass is 449 g/mol. The lowest BCUT2D eigenvalue weighted by Gasteiger charge is -2.34. The van der Waals surface area contributed by atoms with Crippen molar-refractivity contribution in [1.29, 1.82) is 0 Å². The Bertz CT molecular complexity index is 808. The standard InChI is InChI=1S/C20H21BrClN3O2/c21-16-6-7-18(22)17(12-16)20(27)25-10-8-24(9-11-25)14-19(26)23-13-15-4-2-1-3-5-15/h1-7,12H,8-11,13-14H2,(H,23,26). The highest BCUT2D eigenvalue weighted by atomic mass is 79.9. The summed E-state index contributed by atoms with van der Waals surface area (Å²) in [6.07, 6.45) is 0. The number of piperazine rings is 1. The predicted octanol–water partition coefficient (Wildman–Crippen LogP) is 3.18. The van der Waals surface area contributed by atoms with Crippen LogP contribution in [-0.4, -0.2) is 54.3 Å². The van der Waals surface area contributed by atoms with E-state index in [1.54, 1.807) is 17.0 Å². The zero-order valence-electron chi connectivity index (χ0n) is 14.8. The molecule has 2 amide bonds. The van der Waals surface area contributed by atoms with Gasteiger partial charge in [0.05, 0.1) is 17.1 Å². The van der Waals surface area contributed by atoms with Crippen LogP contribution >= 0.6 is 27.5 Å². The van der Waals surface area contributed by atoms with E-state index in [1.165, 1.54) is 0 Å². The molecule has 0 radical (unpaired) electrons. The Kier molecular flexibility index (Phi) is 6.88. The van der Waals surface area contributed by atoms with Gasteiger partial charge in [0.2, 0.25) is 5.91 Å². The van der Waals surface area contributed by atoms with Crippen molar-refractivity contribution in [3.8, 4) is 0 Å². The van der Waals surface area contributed by atoms with Crippen molar-refractivity contribution in [2.45, 2.75) is 6.54 Å². The highest BCUT2D eigenvalue weighted by Crippen LogP contribution is 2.23. The Labute approximate surface area is 172 Å². The summed E-state index contributed by atoms with van der Waals surface area (Å²) in [5.74, 6) is -0.0804. The highest BCUT2D eigenvalue weighted by Gasteiger charge is 2.24. The zero-order valence-corrected chi connectivity index (χ0v) is 17.2. The molecule has 0 aliphatic carbocycles. The topological polar surface area (TPSA) is 52.7 Å². The molecule has 0 saturated carbocycles. The van der Waals surface area contributed by atoms with Crippen LogP contribution in [0.3, 0.4) is 0 Å². The molecule has 27 heavy (non-hydrogen) atoms. The lowest BCUT2D eigenvalue weighted by molar-refractivity contribution is -0.122. The van der Waals surface area contributed by atoms with Gasteiger partial charge in [-0.1, -0.05) is 57.9 Å². The van der Waals surface area contributed by atoms with E-state index in [2.05, 4.69) is 26.1 Å². The number of halogens is 2. The quantitative estimate of drug-likeness (QED) is 0.761. The van der Waals surface area contributed by atoms with Gasteiger partial charge in [-0.25, -0.2) is 0 Å². The number of hydrogen-bond donors (Lipinski definition) is 1. The number of benzene rings is 2. The van der Waals surface area contributed by atoms with Crippen LogP contribution in [0.15, 0.2) is 53.0 Å². The summed E-state index contributed by atoms with van der Waals surface area (Å²) in [5, 5.41) is 3.39. The molecule has 7 heteroatoms. The van der Waals surface area contributed by atoms with E-state index in [1.807, 2.05) is 36.4 Å². The maximum absolute atomic E-state index is 12.7. The molecule has 142 valence electrons. The molecule has 1 heterocycles. The average molecular weight is 451 g/mol. The molecule has 3 rings (SSSR count). The lowest BCUT2D eigenvalue weighted by atomic mass is 10.2. The molecule has 0 bridgehead atoms. The molecule has 0 spiro atoms. The van der Waals surface area contributed by atoms with Gasteiger partial charge in [-0.15, -0.1) is 0 Å². The Morgan fingerprint density at radius 2 is 1.74 bits per heavy atom. The first kappa shape index (κ1) is 19.9. The van der Waals surface area contributed by atoms with Crippen molar-refractivity contribution in [3.63, 3.8) is 0 Å². The average Bonchev–Trinajstić information content (AvgIpc) is 2.69. The van der Waals surface area contributed by atoms with Crippen LogP contribution in [-0.2, 0) is 11.3 Å². The summed E-state index contributed by atoms with van der Waals surface area (Å²) < 4.78 is 0.823. The summed E-state index contributed by atoms with van der Waals surface area (Å²) in [4.78, 5) is 28.7. The van der Waals surface area contributed by atoms with Crippen molar-refractivity contribution in [2.75, 3.05) is 32.7 Å². The fraction of sp³-hybridized carbons (Fsp3) is 0.300. The fourth-order valence-corrected chi connectivity index (χ4v) is 3.56. The summed E-state index contributed by atoms with van der Waals surface area (Å²) in [6, 6.07) is 15.1. The SMILES string of the molecule is O=C(CN1CCN(C(=O)c2cc(Br)ccc2Cl)CC1)NCc1ccccc1. The minimum Gasteiger partial charge on any atom is -0.351 e. The highest BCUT2D eigenvalue weighted by molar-refractivity contribution is 9.10. The number of hydrogen-bond acceptors (Lipinski definition) is 3. The number of rotatable bonds is 5. The molecule has 1 fully saturated rings. The first-order valence-corrected chi connectivity index (χ1v) is 9.97. The van der Waals surface area contributed by atoms with E-state index in [0.717, 1.165) is 10.0 Å². The van der Waals surface area contributed by atoms with Gasteiger partial charge in [0.15, 0.2) is 0 Å². The Morgan fingerprint density at radius 3 is 2.44 bits per heavy atom. The van der Waals surface area contributed by atoms with Gasteiger partial charge in [0.1, 0.15) is 0 Å². The van der Waals surface area contributed by atoms with Crippen LogP contribution in [0.2, 0.25) is 5.02 Å². The number of carbonyl (C=O) groups is 2. The summed E-state index contributed by atoms with van der Waals surface area (Å²) >= 11 is 9.54. The van der Waals surface area contributed by atoms with Crippen molar-refractivity contribution < 1.29 is 9.59 Å². The van der Waals surface area contributed by atoms with E-state index in [-0.39, 0.29) is 11.8 Å². The number of amides is 2. The molecule has 1 N–H and O–H groups in total. The largest absolute Gasteiger partial charge is 0.351 e. The first-order chi connectivity index (χ1) is 13.0. The molecule has 1 saturated heterocycles. The van der Waals surface area contributed by atoms with E-state index in [4.69, 9.17) is 11.6 Å². The van der Waals surface area contributed by atoms with Gasteiger partial charge in [0, 0.05) is 37.2 Å². The maximum atomic E-state index is 12.7. The summed E-state index contributed by atoms with van der Waals surface area (Å²) in [7, 11) is 0. The summed E-state index contributed by atoms with van der Waals surface area (Å²) in [5.41, 5.74) is 1.58. The van der Waals surface area contributed by atoms with Gasteiger partial charge in [-0.3, -0.25) is 14.5 Å². The fourth-order valence-electron chi connectivity index (χ4n) is 3.00. The summed E-state index contributed by atoms with van der Waals surface area (Å²) in [6.45, 7) is 3.35. The van der Waals surface area contributed by atoms with E-state index < -0.39 is 0 Å². The third-order valence-corrected chi connectivity index (χ3v) is 5.34. The number of nitrogens with one attached hydrogen (secondary N) is 1. The smallest absolute Gasteiger partial charge is 0.255 e. The second kappa shape index (κ2) is 9.35. The second-order valence-corrected chi connectivity index (χ2v) is 7.78. The van der Waals surface area contributed by atoms with Gasteiger partial charge in [0.25, 0.3) is 5.91 Å². The number of carbonyl (C=O) groups excluding carboxylic acids is 2. The Balaban J connectivity index is 1.46. The van der Waals surface area contributed by atoms with Crippen LogP contribution in [0.4, 0.5) is 0 Å². The second-order valence-electron chi connectivity index (χ2n) is 6.45. The van der Waals surface area contributed by atoms with Crippen LogP contribution in [0.1, 0.15) is 15.9 Å². The Hall–Kier alpha value is -1.89. The van der Waals surface area contributed by atoms with E-state index >= 15 is 0 Å². The van der Waals surface area contributed by atoms with E-state index in [9.17, 15) is 9.59 Å². The minimum absolute atomic E-state index is 0.00587. The van der Waals surface area contributed by atoms with Gasteiger partial charge in [-0.2, -0.15) is 0 Å². The molecule has 1 aliphatic rings. The third kappa shape index (κ3) is 5.54. The third-order valence-electron chi connectivity index (χ3n) is 4.52. The van der Waals surface area contributed by atoms with Gasteiger partial charge < -0.3 is 10.2 Å². The van der Waals surface area contributed by atoms with Crippen LogP contribution in [0.5, 0.6) is 0 Å². The van der Waals surface area contributed by atoms with Crippen LogP contribution in [0, 0.1) is 0 Å². The molecule has 2 aromatic carbocycles. The molecule has 1 aliphatic heterocycles. The van der Waals surface area contributed by atoms with Crippen molar-refractivity contribution in [3.05, 3.63) is 69.2 Å². The molecule has 5 nitrogen and oxygen atoms in total. The van der Waals surface area contributed by atoms with Crippen molar-refractivity contribution in [1.82, 2.24) is 15.1 Å². The van der Waals surface area contributed by atoms with Gasteiger partial charge >= 0.3 is 0 Å². The normalized spacial score (nSPS) is 14.8. The number of nitrogens with zero attached hydrogens (tertiary/aromatic N) is 2. The predicted molar refractivity (Wildman–Crippen MR) is 110 cm³/mol. The zero-order chi connectivity index (χ0) is 19.2. The lowest BCUT2D eigenvalue weighted by Crippen LogP contribution is -2.51. The molecule has 2 aromatic rings. The molecule has 0 unspecified atom stereocenters. The minimum atomic E-state index is -0.0746. The van der Waals surface area contributed by atoms with Crippen molar-refractivity contribution >= 4 is 39.3 Å². The van der Waals surface area contributed by atoms with Crippen molar-refractivity contribution in [2.24, 2.45) is 0 Å². The molecule has 0 atom stereocenters. The van der Waals surface area contributed by atoms with Crippen LogP contribution < -0.4 is 5.32 Å². The van der Waals surface area contributed by atoms with Gasteiger partial charge in [-0.05, 0) is 23.8 Å². The van der Waals surface area contributed by atoms with Crippen LogP contribution in [0.25, 0.3) is 0 Å². The maximum Gasteiger partial charge on any atom is 0.255 e. The molecule has 0 aromatic heterocycles.